The van der Waals surface area contributed by atoms with E-state index in [1.807, 2.05) is 12.1 Å². The van der Waals surface area contributed by atoms with Crippen molar-refractivity contribution in [1.29, 1.82) is 0 Å². The van der Waals surface area contributed by atoms with Crippen molar-refractivity contribution in [2.24, 2.45) is 0 Å². The molecule has 0 atom stereocenters. The third kappa shape index (κ3) is 4.96. The Labute approximate surface area is 276 Å². The molecule has 220 valence electrons. The number of thiophene rings is 1. The molecule has 0 bridgehead atoms. The van der Waals surface area contributed by atoms with Crippen LogP contribution in [0.3, 0.4) is 0 Å². The van der Waals surface area contributed by atoms with Gasteiger partial charge in [0.25, 0.3) is 0 Å². The molecule has 0 aliphatic carbocycles. The SMILES string of the molecule is c1ccc(-c2ccc3ccc(-c4nc(-c5ccccc5-c5ccccc5)nc(-c5cccc6c5sc5ccccc56)n4)cc3c2)cc1. The molecule has 4 heteroatoms. The van der Waals surface area contributed by atoms with E-state index >= 15 is 0 Å². The van der Waals surface area contributed by atoms with Crippen LogP contribution in [0.5, 0.6) is 0 Å². The summed E-state index contributed by atoms with van der Waals surface area (Å²) in [4.78, 5) is 15.6. The van der Waals surface area contributed by atoms with Gasteiger partial charge in [-0.05, 0) is 57.3 Å². The fourth-order valence-corrected chi connectivity index (χ4v) is 7.62. The number of rotatable bonds is 5. The van der Waals surface area contributed by atoms with Gasteiger partial charge in [0.15, 0.2) is 17.5 Å². The molecule has 0 saturated carbocycles. The standard InChI is InChI=1S/C43H27N3S/c1-3-12-28(13-4-1)31-24-22-29-23-25-32(27-33(29)26-31)41-44-42(37-18-8-7-16-34(37)30-14-5-2-6-15-30)46-43(45-41)38-20-11-19-36-35-17-9-10-21-39(35)47-40(36)38/h1-27H. The van der Waals surface area contributed by atoms with Gasteiger partial charge in [-0.2, -0.15) is 0 Å². The molecular weight excluding hydrogens is 591 g/mol. The average molecular weight is 618 g/mol. The van der Waals surface area contributed by atoms with Crippen molar-refractivity contribution in [3.05, 3.63) is 164 Å². The average Bonchev–Trinajstić information content (AvgIpc) is 3.54. The van der Waals surface area contributed by atoms with Crippen molar-refractivity contribution >= 4 is 42.3 Å². The molecule has 7 aromatic carbocycles. The highest BCUT2D eigenvalue weighted by atomic mass is 32.1. The third-order valence-electron chi connectivity index (χ3n) is 8.74. The zero-order valence-corrected chi connectivity index (χ0v) is 26.2. The van der Waals surface area contributed by atoms with Crippen LogP contribution in [0, 0.1) is 0 Å². The quantitative estimate of drug-likeness (QED) is 0.193. The van der Waals surface area contributed by atoms with Gasteiger partial charge in [0.2, 0.25) is 0 Å². The summed E-state index contributed by atoms with van der Waals surface area (Å²) in [6.45, 7) is 0. The predicted octanol–water partition coefficient (Wildman–Crippen LogP) is 11.7. The first kappa shape index (κ1) is 27.3. The molecule has 0 unspecified atom stereocenters. The number of aromatic nitrogens is 3. The van der Waals surface area contributed by atoms with Crippen LogP contribution in [0.4, 0.5) is 0 Å². The van der Waals surface area contributed by atoms with Crippen LogP contribution in [0.1, 0.15) is 0 Å². The molecule has 47 heavy (non-hydrogen) atoms. The van der Waals surface area contributed by atoms with Gasteiger partial charge in [0, 0.05) is 36.9 Å². The Bertz CT molecular complexity index is 2570. The molecule has 0 aliphatic rings. The van der Waals surface area contributed by atoms with Crippen molar-refractivity contribution in [3.63, 3.8) is 0 Å². The van der Waals surface area contributed by atoms with E-state index in [0.29, 0.717) is 17.5 Å². The minimum absolute atomic E-state index is 0.651. The molecule has 0 radical (unpaired) electrons. The Morgan fingerprint density at radius 3 is 1.72 bits per heavy atom. The Morgan fingerprint density at radius 1 is 0.340 bits per heavy atom. The van der Waals surface area contributed by atoms with E-state index in [4.69, 9.17) is 15.0 Å². The van der Waals surface area contributed by atoms with E-state index in [2.05, 4.69) is 152 Å². The summed E-state index contributed by atoms with van der Waals surface area (Å²) < 4.78 is 2.43. The molecule has 0 spiro atoms. The number of hydrogen-bond donors (Lipinski definition) is 0. The number of benzene rings is 7. The summed E-state index contributed by atoms with van der Waals surface area (Å²) in [7, 11) is 0. The minimum Gasteiger partial charge on any atom is -0.208 e. The van der Waals surface area contributed by atoms with Crippen LogP contribution in [0.2, 0.25) is 0 Å². The lowest BCUT2D eigenvalue weighted by Crippen LogP contribution is -2.01. The molecule has 0 N–H and O–H groups in total. The van der Waals surface area contributed by atoms with Crippen LogP contribution in [0.15, 0.2) is 164 Å². The van der Waals surface area contributed by atoms with Gasteiger partial charge < -0.3 is 0 Å². The van der Waals surface area contributed by atoms with Crippen LogP contribution >= 0.6 is 11.3 Å². The van der Waals surface area contributed by atoms with Gasteiger partial charge >= 0.3 is 0 Å². The Hall–Kier alpha value is -5.97. The van der Waals surface area contributed by atoms with Crippen LogP contribution in [0.25, 0.3) is 87.4 Å². The molecule has 0 saturated heterocycles. The lowest BCUT2D eigenvalue weighted by Gasteiger charge is -2.13. The van der Waals surface area contributed by atoms with E-state index in [1.54, 1.807) is 11.3 Å². The summed E-state index contributed by atoms with van der Waals surface area (Å²) in [6, 6.07) is 57.4. The van der Waals surface area contributed by atoms with E-state index in [1.165, 1.54) is 36.7 Å². The third-order valence-corrected chi connectivity index (χ3v) is 9.96. The first-order chi connectivity index (χ1) is 23.3. The number of nitrogens with zero attached hydrogens (tertiary/aromatic N) is 3. The summed E-state index contributed by atoms with van der Waals surface area (Å²) in [5.74, 6) is 1.97. The van der Waals surface area contributed by atoms with E-state index < -0.39 is 0 Å². The van der Waals surface area contributed by atoms with Crippen molar-refractivity contribution in [1.82, 2.24) is 15.0 Å². The zero-order chi connectivity index (χ0) is 31.2. The highest BCUT2D eigenvalue weighted by Crippen LogP contribution is 2.40. The number of hydrogen-bond acceptors (Lipinski definition) is 4. The second kappa shape index (κ2) is 11.4. The van der Waals surface area contributed by atoms with Gasteiger partial charge in [-0.15, -0.1) is 11.3 Å². The van der Waals surface area contributed by atoms with Crippen molar-refractivity contribution in [2.45, 2.75) is 0 Å². The molecule has 2 heterocycles. The Morgan fingerprint density at radius 2 is 0.915 bits per heavy atom. The van der Waals surface area contributed by atoms with Gasteiger partial charge in [-0.25, -0.2) is 15.0 Å². The molecule has 9 aromatic rings. The maximum absolute atomic E-state index is 5.21. The monoisotopic (exact) mass is 617 g/mol. The molecule has 2 aromatic heterocycles. The minimum atomic E-state index is 0.651. The lowest BCUT2D eigenvalue weighted by molar-refractivity contribution is 1.08. The Balaban J connectivity index is 1.27. The first-order valence-corrected chi connectivity index (χ1v) is 16.5. The van der Waals surface area contributed by atoms with Crippen molar-refractivity contribution in [2.75, 3.05) is 0 Å². The van der Waals surface area contributed by atoms with Crippen LogP contribution < -0.4 is 0 Å². The van der Waals surface area contributed by atoms with Gasteiger partial charge in [0.05, 0.1) is 0 Å². The summed E-state index contributed by atoms with van der Waals surface area (Å²) in [5.41, 5.74) is 7.52. The first-order valence-electron chi connectivity index (χ1n) is 15.7. The lowest BCUT2D eigenvalue weighted by atomic mass is 9.98. The maximum Gasteiger partial charge on any atom is 0.165 e. The Kier molecular flexibility index (Phi) is 6.65. The van der Waals surface area contributed by atoms with E-state index in [9.17, 15) is 0 Å². The fourth-order valence-electron chi connectivity index (χ4n) is 6.41. The summed E-state index contributed by atoms with van der Waals surface area (Å²) >= 11 is 1.79. The molecule has 0 amide bonds. The number of fused-ring (bicyclic) bond motifs is 4. The molecule has 3 nitrogen and oxygen atoms in total. The fraction of sp³-hybridized carbons (Fsp3) is 0. The van der Waals surface area contributed by atoms with Crippen LogP contribution in [-0.4, -0.2) is 15.0 Å². The second-order valence-electron chi connectivity index (χ2n) is 11.6. The predicted molar refractivity (Wildman–Crippen MR) is 197 cm³/mol. The topological polar surface area (TPSA) is 38.7 Å². The zero-order valence-electron chi connectivity index (χ0n) is 25.3. The smallest absolute Gasteiger partial charge is 0.165 e. The summed E-state index contributed by atoms with van der Waals surface area (Å²) in [5, 5.41) is 4.79. The molecule has 0 fully saturated rings. The largest absolute Gasteiger partial charge is 0.208 e. The maximum atomic E-state index is 5.21. The van der Waals surface area contributed by atoms with E-state index in [0.717, 1.165) is 33.2 Å². The van der Waals surface area contributed by atoms with E-state index in [-0.39, 0.29) is 0 Å². The van der Waals surface area contributed by atoms with Crippen LogP contribution in [-0.2, 0) is 0 Å². The second-order valence-corrected chi connectivity index (χ2v) is 12.7. The molecule has 9 rings (SSSR count). The van der Waals surface area contributed by atoms with Gasteiger partial charge in [-0.3, -0.25) is 0 Å². The molecular formula is C43H27N3S. The summed E-state index contributed by atoms with van der Waals surface area (Å²) in [6.07, 6.45) is 0. The molecule has 0 aliphatic heterocycles. The van der Waals surface area contributed by atoms with Gasteiger partial charge in [-0.1, -0.05) is 140 Å². The van der Waals surface area contributed by atoms with Crippen molar-refractivity contribution < 1.29 is 0 Å². The highest BCUT2D eigenvalue weighted by Gasteiger charge is 2.18. The normalized spacial score (nSPS) is 11.4. The van der Waals surface area contributed by atoms with Crippen molar-refractivity contribution in [3.8, 4) is 56.4 Å². The highest BCUT2D eigenvalue weighted by molar-refractivity contribution is 7.26. The van der Waals surface area contributed by atoms with Gasteiger partial charge in [0.1, 0.15) is 0 Å².